The Morgan fingerprint density at radius 1 is 0.794 bits per heavy atom. The first-order valence-corrected chi connectivity index (χ1v) is 13.9. The zero-order chi connectivity index (χ0) is 24.2. The topological polar surface area (TPSA) is 18.5 Å². The summed E-state index contributed by atoms with van der Waals surface area (Å²) in [6.07, 6.45) is 20.9. The number of methoxy groups -OCH3 is 1. The van der Waals surface area contributed by atoms with E-state index in [0.717, 1.165) is 69.8 Å². The maximum atomic E-state index is 14.9. The molecule has 0 N–H and O–H groups in total. The van der Waals surface area contributed by atoms with Gasteiger partial charge in [-0.1, -0.05) is 44.4 Å². The number of hydrogen-bond donors (Lipinski definition) is 0. The molecule has 192 valence electrons. The van der Waals surface area contributed by atoms with Crippen LogP contribution in [-0.4, -0.2) is 20.3 Å². The van der Waals surface area contributed by atoms with Crippen LogP contribution in [0.5, 0.6) is 5.75 Å². The number of hydrogen-bond acceptors (Lipinski definition) is 2. The van der Waals surface area contributed by atoms with Crippen LogP contribution in [0.1, 0.15) is 108 Å². The van der Waals surface area contributed by atoms with Gasteiger partial charge in [0.2, 0.25) is 5.82 Å². The molecule has 0 spiro atoms. The van der Waals surface area contributed by atoms with Crippen molar-refractivity contribution in [1.29, 1.82) is 0 Å². The van der Waals surface area contributed by atoms with Crippen LogP contribution in [0.25, 0.3) is 0 Å². The monoisotopic (exact) mass is 476 g/mol. The summed E-state index contributed by atoms with van der Waals surface area (Å²) in [5.74, 6) is 0.905. The van der Waals surface area contributed by atoms with Crippen LogP contribution >= 0.6 is 0 Å². The van der Waals surface area contributed by atoms with E-state index in [4.69, 9.17) is 9.47 Å². The van der Waals surface area contributed by atoms with Crippen LogP contribution in [0.4, 0.5) is 8.78 Å². The molecule has 1 aromatic carbocycles. The maximum absolute atomic E-state index is 14.9. The van der Waals surface area contributed by atoms with E-state index in [1.165, 1.54) is 38.5 Å². The van der Waals surface area contributed by atoms with Gasteiger partial charge >= 0.3 is 0 Å². The molecule has 0 aromatic heterocycles. The van der Waals surface area contributed by atoms with Crippen LogP contribution in [0.15, 0.2) is 24.3 Å². The van der Waals surface area contributed by atoms with Crippen molar-refractivity contribution in [3.8, 4) is 5.75 Å². The molecule has 0 unspecified atom stereocenters. The lowest BCUT2D eigenvalue weighted by molar-refractivity contribution is 0.190. The third-order valence-electron chi connectivity index (χ3n) is 8.03. The van der Waals surface area contributed by atoms with Crippen LogP contribution < -0.4 is 4.74 Å². The first-order chi connectivity index (χ1) is 16.6. The molecule has 0 aliphatic heterocycles. The lowest BCUT2D eigenvalue weighted by Crippen LogP contribution is -2.15. The lowest BCUT2D eigenvalue weighted by Gasteiger charge is -2.29. The summed E-state index contributed by atoms with van der Waals surface area (Å²) in [5.41, 5.74) is 0.529. The number of rotatable bonds is 13. The van der Waals surface area contributed by atoms with Crippen molar-refractivity contribution >= 4 is 0 Å². The predicted molar refractivity (Wildman–Crippen MR) is 136 cm³/mol. The van der Waals surface area contributed by atoms with E-state index < -0.39 is 11.6 Å². The Kier molecular flexibility index (Phi) is 11.9. The quantitative estimate of drug-likeness (QED) is 0.209. The molecule has 0 bridgehead atoms. The van der Waals surface area contributed by atoms with Crippen LogP contribution in [0.3, 0.4) is 0 Å². The minimum absolute atomic E-state index is 0.0448. The first-order valence-electron chi connectivity index (χ1n) is 13.9. The van der Waals surface area contributed by atoms with Gasteiger partial charge in [-0.3, -0.25) is 0 Å². The molecule has 34 heavy (non-hydrogen) atoms. The van der Waals surface area contributed by atoms with E-state index in [9.17, 15) is 8.78 Å². The van der Waals surface area contributed by atoms with Gasteiger partial charge in [0.05, 0.1) is 6.61 Å². The van der Waals surface area contributed by atoms with Crippen molar-refractivity contribution in [3.05, 3.63) is 41.5 Å². The Bertz CT molecular complexity index is 732. The number of halogens is 2. The smallest absolute Gasteiger partial charge is 0.200 e. The van der Waals surface area contributed by atoms with Gasteiger partial charge in [-0.25, -0.2) is 4.39 Å². The van der Waals surface area contributed by atoms with E-state index >= 15 is 0 Å². The molecule has 2 aliphatic rings. The fraction of sp³-hybridized carbons (Fsp3) is 0.733. The molecular weight excluding hydrogens is 430 g/mol. The summed E-state index contributed by atoms with van der Waals surface area (Å²) in [6.45, 7) is 3.47. The molecule has 0 radical (unpaired) electrons. The molecule has 0 atom stereocenters. The average Bonchev–Trinajstić information content (AvgIpc) is 2.86. The maximum Gasteiger partial charge on any atom is 0.200 e. The van der Waals surface area contributed by atoms with Crippen LogP contribution in [-0.2, 0) is 4.74 Å². The summed E-state index contributed by atoms with van der Waals surface area (Å²) in [7, 11) is 1.70. The number of unbranched alkanes of at least 4 members (excludes halogenated alkanes) is 3. The van der Waals surface area contributed by atoms with Gasteiger partial charge in [0, 0.05) is 13.7 Å². The van der Waals surface area contributed by atoms with E-state index in [-0.39, 0.29) is 11.7 Å². The molecule has 0 saturated heterocycles. The summed E-state index contributed by atoms with van der Waals surface area (Å²) in [5, 5.41) is 0. The van der Waals surface area contributed by atoms with Crippen molar-refractivity contribution in [2.45, 2.75) is 103 Å². The highest BCUT2D eigenvalue weighted by Gasteiger charge is 2.26. The van der Waals surface area contributed by atoms with Gasteiger partial charge in [0.1, 0.15) is 0 Å². The largest absolute Gasteiger partial charge is 0.490 e. The second-order valence-corrected chi connectivity index (χ2v) is 10.6. The second kappa shape index (κ2) is 14.9. The molecule has 2 nitrogen and oxygen atoms in total. The molecule has 0 heterocycles. The molecule has 2 fully saturated rings. The second-order valence-electron chi connectivity index (χ2n) is 10.6. The number of benzene rings is 1. The Morgan fingerprint density at radius 3 is 2.03 bits per heavy atom. The minimum atomic E-state index is -0.822. The van der Waals surface area contributed by atoms with Crippen molar-refractivity contribution in [3.63, 3.8) is 0 Å². The van der Waals surface area contributed by atoms with Gasteiger partial charge in [-0.2, -0.15) is 4.39 Å². The first kappa shape index (κ1) is 27.2. The summed E-state index contributed by atoms with van der Waals surface area (Å²) < 4.78 is 40.1. The zero-order valence-corrected chi connectivity index (χ0v) is 21.5. The van der Waals surface area contributed by atoms with Gasteiger partial charge < -0.3 is 9.47 Å². The normalized spacial score (nSPS) is 25.6. The third-order valence-corrected chi connectivity index (χ3v) is 8.03. The van der Waals surface area contributed by atoms with E-state index in [1.807, 2.05) is 0 Å². The SMILES string of the molecule is CCCC1CCC(/C=C/C2CCC(c3ccc(OCCCCCCOC)c(F)c3F)CC2)CC1. The van der Waals surface area contributed by atoms with Crippen LogP contribution in [0.2, 0.25) is 0 Å². The Hall–Kier alpha value is -1.42. The summed E-state index contributed by atoms with van der Waals surface area (Å²) in [4.78, 5) is 0. The molecule has 0 amide bonds. The minimum Gasteiger partial charge on any atom is -0.490 e. The fourth-order valence-corrected chi connectivity index (χ4v) is 5.87. The van der Waals surface area contributed by atoms with E-state index in [2.05, 4.69) is 19.1 Å². The van der Waals surface area contributed by atoms with Crippen LogP contribution in [0, 0.1) is 29.4 Å². The lowest BCUT2D eigenvalue weighted by atomic mass is 9.76. The molecule has 2 aliphatic carbocycles. The van der Waals surface area contributed by atoms with Crippen molar-refractivity contribution < 1.29 is 18.3 Å². The Morgan fingerprint density at radius 2 is 1.41 bits per heavy atom. The van der Waals surface area contributed by atoms with Gasteiger partial charge in [-0.15, -0.1) is 0 Å². The van der Waals surface area contributed by atoms with Gasteiger partial charge in [0.15, 0.2) is 11.6 Å². The van der Waals surface area contributed by atoms with Crippen molar-refractivity contribution in [2.75, 3.05) is 20.3 Å². The average molecular weight is 477 g/mol. The standard InChI is InChI=1S/C30H46F2O2/c1-3-8-23-9-11-24(12-10-23)13-14-25-15-17-26(18-16-25)27-19-20-28(30(32)29(27)31)34-22-7-5-4-6-21-33-2/h13-14,19-20,23-26H,3-12,15-18,21-22H2,1-2H3/b14-13+. The molecule has 1 aromatic rings. The number of ether oxygens (including phenoxy) is 2. The summed E-state index contributed by atoms with van der Waals surface area (Å²) >= 11 is 0. The van der Waals surface area contributed by atoms with Crippen molar-refractivity contribution in [1.82, 2.24) is 0 Å². The predicted octanol–water partition coefficient (Wildman–Crippen LogP) is 8.99. The van der Waals surface area contributed by atoms with Gasteiger partial charge in [0.25, 0.3) is 0 Å². The fourth-order valence-electron chi connectivity index (χ4n) is 5.87. The Balaban J connectivity index is 1.41. The van der Waals surface area contributed by atoms with E-state index in [1.54, 1.807) is 19.2 Å². The summed E-state index contributed by atoms with van der Waals surface area (Å²) in [6, 6.07) is 3.38. The molecule has 2 saturated carbocycles. The van der Waals surface area contributed by atoms with Crippen molar-refractivity contribution in [2.24, 2.45) is 17.8 Å². The highest BCUT2D eigenvalue weighted by molar-refractivity contribution is 5.33. The molecular formula is C30H46F2O2. The zero-order valence-electron chi connectivity index (χ0n) is 21.5. The third kappa shape index (κ3) is 8.36. The number of allylic oxidation sites excluding steroid dienone is 2. The highest BCUT2D eigenvalue weighted by Crippen LogP contribution is 2.40. The molecule has 4 heteroatoms. The molecule has 3 rings (SSSR count). The highest BCUT2D eigenvalue weighted by atomic mass is 19.2. The van der Waals surface area contributed by atoms with Gasteiger partial charge in [-0.05, 0) is 106 Å². The Labute approximate surface area is 206 Å². The van der Waals surface area contributed by atoms with E-state index in [0.29, 0.717) is 18.1 Å².